The Hall–Kier alpha value is -1.87. The highest BCUT2D eigenvalue weighted by molar-refractivity contribution is 6.51. The van der Waals surface area contributed by atoms with Crippen molar-refractivity contribution >= 4 is 22.9 Å². The smallest absolute Gasteiger partial charge is 0.147 e. The molecule has 0 amide bonds. The summed E-state index contributed by atoms with van der Waals surface area (Å²) in [5.41, 5.74) is 4.55. The molecule has 2 aromatic rings. The largest absolute Gasteiger partial charge is 0.298 e. The molecule has 20 heavy (non-hydrogen) atoms. The summed E-state index contributed by atoms with van der Waals surface area (Å²) in [6.45, 7) is 3.95. The van der Waals surface area contributed by atoms with Crippen LogP contribution in [0, 0.1) is 12.8 Å². The van der Waals surface area contributed by atoms with Gasteiger partial charge in [0.25, 0.3) is 0 Å². The lowest BCUT2D eigenvalue weighted by molar-refractivity contribution is -0.105. The summed E-state index contributed by atoms with van der Waals surface area (Å²) in [5.74, 6) is 0.117. The Morgan fingerprint density at radius 2 is 2.05 bits per heavy atom. The zero-order valence-electron chi connectivity index (χ0n) is 11.4. The Balaban J connectivity index is 2.24. The number of halogens is 1. The van der Waals surface area contributed by atoms with Gasteiger partial charge in [0.15, 0.2) is 0 Å². The number of fused-ring (bicyclic) bond motifs is 1. The molecule has 0 radical (unpaired) electrons. The molecule has 0 spiro atoms. The summed E-state index contributed by atoms with van der Waals surface area (Å²) in [7, 11) is 0. The fraction of sp³-hybridized carbons (Fsp3) is 0.250. The van der Waals surface area contributed by atoms with Gasteiger partial charge in [-0.15, -0.1) is 0 Å². The van der Waals surface area contributed by atoms with Crippen LogP contribution in [0.3, 0.4) is 0 Å². The summed E-state index contributed by atoms with van der Waals surface area (Å²) in [6.07, 6.45) is 1.64. The summed E-state index contributed by atoms with van der Waals surface area (Å²) in [4.78, 5) is 11.2. The zero-order chi connectivity index (χ0) is 14.3. The van der Waals surface area contributed by atoms with Crippen LogP contribution in [-0.4, -0.2) is 16.1 Å². The summed E-state index contributed by atoms with van der Waals surface area (Å²) in [5, 5.41) is 5.15. The molecule has 0 fully saturated rings. The topological polar surface area (TPSA) is 34.9 Å². The minimum atomic E-state index is 0.117. The normalized spacial score (nSPS) is 18.1. The number of aryl methyl sites for hydroxylation is 1. The van der Waals surface area contributed by atoms with E-state index in [1.54, 1.807) is 0 Å². The van der Waals surface area contributed by atoms with Crippen molar-refractivity contribution in [3.8, 4) is 5.69 Å². The van der Waals surface area contributed by atoms with E-state index in [0.717, 1.165) is 35.3 Å². The average molecular weight is 287 g/mol. The lowest BCUT2D eigenvalue weighted by Gasteiger charge is -2.21. The minimum Gasteiger partial charge on any atom is -0.298 e. The van der Waals surface area contributed by atoms with Crippen molar-refractivity contribution in [2.24, 2.45) is 5.92 Å². The first-order valence-electron chi connectivity index (χ1n) is 6.62. The Bertz CT molecular complexity index is 701. The molecule has 0 bridgehead atoms. The zero-order valence-corrected chi connectivity index (χ0v) is 12.2. The van der Waals surface area contributed by atoms with Gasteiger partial charge in [0.05, 0.1) is 22.1 Å². The van der Waals surface area contributed by atoms with E-state index in [4.69, 9.17) is 11.6 Å². The van der Waals surface area contributed by atoms with Gasteiger partial charge in [-0.05, 0) is 31.4 Å². The number of aldehydes is 1. The standard InChI is InChI=1S/C16H15ClN2O/c1-10-8-14-15(16(17)13(10)9-20)11(2)18-19(14)12-6-4-3-5-7-12/h3-7,9-10H,8H2,1-2H3. The molecule has 1 atom stereocenters. The van der Waals surface area contributed by atoms with E-state index in [9.17, 15) is 4.79 Å². The van der Waals surface area contributed by atoms with Crippen LogP contribution in [0.5, 0.6) is 0 Å². The van der Waals surface area contributed by atoms with Crippen molar-refractivity contribution in [2.45, 2.75) is 20.3 Å². The number of nitrogens with zero attached hydrogens (tertiary/aromatic N) is 2. The van der Waals surface area contributed by atoms with Crippen LogP contribution in [0.4, 0.5) is 0 Å². The van der Waals surface area contributed by atoms with Crippen LogP contribution in [-0.2, 0) is 11.2 Å². The lowest BCUT2D eigenvalue weighted by Crippen LogP contribution is -2.15. The van der Waals surface area contributed by atoms with E-state index in [-0.39, 0.29) is 5.92 Å². The van der Waals surface area contributed by atoms with Crippen molar-refractivity contribution in [3.63, 3.8) is 0 Å². The van der Waals surface area contributed by atoms with Gasteiger partial charge in [0.1, 0.15) is 6.29 Å². The van der Waals surface area contributed by atoms with E-state index < -0.39 is 0 Å². The Labute approximate surface area is 122 Å². The molecule has 0 saturated carbocycles. The molecule has 3 rings (SSSR count). The van der Waals surface area contributed by atoms with Gasteiger partial charge in [-0.25, -0.2) is 4.68 Å². The van der Waals surface area contributed by atoms with Crippen LogP contribution in [0.2, 0.25) is 0 Å². The molecule has 0 N–H and O–H groups in total. The molecule has 1 heterocycles. The number of rotatable bonds is 2. The fourth-order valence-electron chi connectivity index (χ4n) is 2.76. The highest BCUT2D eigenvalue weighted by Crippen LogP contribution is 2.38. The van der Waals surface area contributed by atoms with Gasteiger partial charge in [-0.1, -0.05) is 36.7 Å². The molecule has 0 saturated heterocycles. The second kappa shape index (κ2) is 4.91. The maximum atomic E-state index is 11.2. The molecule has 0 aliphatic heterocycles. The molecular formula is C16H15ClN2O. The third kappa shape index (κ3) is 1.90. The number of allylic oxidation sites excluding steroid dienone is 1. The van der Waals surface area contributed by atoms with Crippen molar-refractivity contribution in [1.29, 1.82) is 0 Å². The van der Waals surface area contributed by atoms with Gasteiger partial charge in [-0.3, -0.25) is 4.79 Å². The quantitative estimate of drug-likeness (QED) is 0.792. The highest BCUT2D eigenvalue weighted by atomic mass is 35.5. The number of aromatic nitrogens is 2. The third-order valence-electron chi connectivity index (χ3n) is 3.79. The molecule has 1 aromatic carbocycles. The maximum absolute atomic E-state index is 11.2. The number of para-hydroxylation sites is 1. The first-order chi connectivity index (χ1) is 9.63. The number of hydrogen-bond donors (Lipinski definition) is 0. The number of hydrogen-bond acceptors (Lipinski definition) is 2. The minimum absolute atomic E-state index is 0.117. The highest BCUT2D eigenvalue weighted by Gasteiger charge is 2.29. The van der Waals surface area contributed by atoms with Gasteiger partial charge in [-0.2, -0.15) is 5.10 Å². The molecule has 1 unspecified atom stereocenters. The van der Waals surface area contributed by atoms with Gasteiger partial charge < -0.3 is 0 Å². The van der Waals surface area contributed by atoms with Gasteiger partial charge in [0.2, 0.25) is 0 Å². The van der Waals surface area contributed by atoms with E-state index in [2.05, 4.69) is 5.10 Å². The van der Waals surface area contributed by atoms with Crippen molar-refractivity contribution in [1.82, 2.24) is 9.78 Å². The average Bonchev–Trinajstić information content (AvgIpc) is 2.77. The van der Waals surface area contributed by atoms with Gasteiger partial charge >= 0.3 is 0 Å². The fourth-order valence-corrected chi connectivity index (χ4v) is 3.24. The summed E-state index contributed by atoms with van der Waals surface area (Å²) >= 11 is 6.41. The van der Waals surface area contributed by atoms with E-state index in [0.29, 0.717) is 10.6 Å². The molecule has 1 aliphatic carbocycles. The van der Waals surface area contributed by atoms with Crippen molar-refractivity contribution in [2.75, 3.05) is 0 Å². The molecule has 3 nitrogen and oxygen atoms in total. The molecule has 1 aliphatic rings. The van der Waals surface area contributed by atoms with Gasteiger partial charge in [0, 0.05) is 11.1 Å². The SMILES string of the molecule is Cc1nn(-c2ccccc2)c2c1C(Cl)=C(C=O)C(C)C2. The first-order valence-corrected chi connectivity index (χ1v) is 7.00. The second-order valence-corrected chi connectivity index (χ2v) is 5.52. The van der Waals surface area contributed by atoms with Crippen LogP contribution in [0.1, 0.15) is 23.9 Å². The number of benzene rings is 1. The number of carbonyl (C=O) groups is 1. The van der Waals surface area contributed by atoms with E-state index in [1.807, 2.05) is 48.9 Å². The maximum Gasteiger partial charge on any atom is 0.147 e. The first kappa shape index (κ1) is 13.1. The van der Waals surface area contributed by atoms with Crippen molar-refractivity contribution in [3.05, 3.63) is 52.9 Å². The Kier molecular flexibility index (Phi) is 3.22. The van der Waals surface area contributed by atoms with Crippen LogP contribution in [0.15, 0.2) is 35.9 Å². The van der Waals surface area contributed by atoms with E-state index >= 15 is 0 Å². The van der Waals surface area contributed by atoms with Crippen LogP contribution >= 0.6 is 11.6 Å². The Morgan fingerprint density at radius 1 is 1.35 bits per heavy atom. The Morgan fingerprint density at radius 3 is 2.70 bits per heavy atom. The van der Waals surface area contributed by atoms with E-state index in [1.165, 1.54) is 0 Å². The van der Waals surface area contributed by atoms with Crippen molar-refractivity contribution < 1.29 is 4.79 Å². The predicted octanol–water partition coefficient (Wildman–Crippen LogP) is 3.52. The summed E-state index contributed by atoms with van der Waals surface area (Å²) < 4.78 is 1.94. The van der Waals surface area contributed by atoms with Crippen LogP contribution in [0.25, 0.3) is 10.7 Å². The second-order valence-electron chi connectivity index (χ2n) is 5.15. The monoisotopic (exact) mass is 286 g/mol. The molecule has 4 heteroatoms. The molecular weight excluding hydrogens is 272 g/mol. The molecule has 1 aromatic heterocycles. The predicted molar refractivity (Wildman–Crippen MR) is 80.0 cm³/mol. The third-order valence-corrected chi connectivity index (χ3v) is 4.19. The van der Waals surface area contributed by atoms with Crippen LogP contribution < -0.4 is 0 Å². The summed E-state index contributed by atoms with van der Waals surface area (Å²) in [6, 6.07) is 9.99. The number of carbonyl (C=O) groups excluding carboxylic acids is 1. The lowest BCUT2D eigenvalue weighted by atomic mass is 9.87. The molecule has 102 valence electrons.